The molecule has 32 heavy (non-hydrogen) atoms. The average molecular weight is 441 g/mol. The van der Waals surface area contributed by atoms with Crippen molar-refractivity contribution in [2.24, 2.45) is 0 Å². The lowest BCUT2D eigenvalue weighted by atomic mass is 10.1. The lowest BCUT2D eigenvalue weighted by Crippen LogP contribution is -2.34. The zero-order valence-corrected chi connectivity index (χ0v) is 19.0. The van der Waals surface area contributed by atoms with Crippen molar-refractivity contribution in [1.29, 1.82) is 0 Å². The van der Waals surface area contributed by atoms with Crippen LogP contribution in [0, 0.1) is 0 Å². The predicted molar refractivity (Wildman–Crippen MR) is 123 cm³/mol. The third-order valence-corrected chi connectivity index (χ3v) is 5.79. The summed E-state index contributed by atoms with van der Waals surface area (Å²) in [7, 11) is 4.53. The van der Waals surface area contributed by atoms with Crippen molar-refractivity contribution in [2.75, 3.05) is 21.3 Å². The number of carbonyl (C=O) groups is 2. The van der Waals surface area contributed by atoms with Crippen molar-refractivity contribution in [2.45, 2.75) is 51.1 Å². The first-order chi connectivity index (χ1) is 15.5. The largest absolute Gasteiger partial charge is 0.493 e. The molecular weight excluding hydrogens is 408 g/mol. The molecule has 172 valence electrons. The molecule has 0 aliphatic heterocycles. The Morgan fingerprint density at radius 3 is 1.94 bits per heavy atom. The van der Waals surface area contributed by atoms with Gasteiger partial charge in [0.1, 0.15) is 0 Å². The van der Waals surface area contributed by atoms with E-state index in [9.17, 15) is 9.59 Å². The Labute approximate surface area is 189 Å². The monoisotopic (exact) mass is 440 g/mol. The first-order valence-corrected chi connectivity index (χ1v) is 11.0. The molecule has 0 saturated heterocycles. The van der Waals surface area contributed by atoms with E-state index < -0.39 is 0 Å². The molecule has 1 saturated carbocycles. The Kier molecular flexibility index (Phi) is 8.36. The summed E-state index contributed by atoms with van der Waals surface area (Å²) < 4.78 is 15.9. The summed E-state index contributed by atoms with van der Waals surface area (Å²) in [4.78, 5) is 25.2. The quantitative estimate of drug-likeness (QED) is 0.604. The molecule has 0 aromatic heterocycles. The van der Waals surface area contributed by atoms with E-state index in [1.165, 1.54) is 47.0 Å². The summed E-state index contributed by atoms with van der Waals surface area (Å²) in [6.45, 7) is 0.333. The summed E-state index contributed by atoms with van der Waals surface area (Å²) in [6, 6.07) is 10.8. The molecule has 2 aromatic rings. The van der Waals surface area contributed by atoms with Gasteiger partial charge in [-0.25, -0.2) is 0 Å². The molecule has 1 aliphatic carbocycles. The molecule has 0 atom stereocenters. The van der Waals surface area contributed by atoms with Crippen LogP contribution in [0.1, 0.15) is 64.8 Å². The van der Waals surface area contributed by atoms with Gasteiger partial charge in [-0.05, 0) is 42.7 Å². The second-order valence-corrected chi connectivity index (χ2v) is 7.96. The van der Waals surface area contributed by atoms with Crippen molar-refractivity contribution in [3.8, 4) is 17.2 Å². The average Bonchev–Trinajstić information content (AvgIpc) is 3.10. The zero-order chi connectivity index (χ0) is 22.9. The van der Waals surface area contributed by atoms with Gasteiger partial charge in [0.15, 0.2) is 11.5 Å². The van der Waals surface area contributed by atoms with Gasteiger partial charge in [-0.15, -0.1) is 0 Å². The minimum Gasteiger partial charge on any atom is -0.493 e. The summed E-state index contributed by atoms with van der Waals surface area (Å²) in [5.74, 6) is 0.968. The highest BCUT2D eigenvalue weighted by molar-refractivity contribution is 5.96. The summed E-state index contributed by atoms with van der Waals surface area (Å²) in [6.07, 6.45) is 6.96. The molecule has 1 fully saturated rings. The Hall–Kier alpha value is -3.22. The van der Waals surface area contributed by atoms with Gasteiger partial charge >= 0.3 is 0 Å². The van der Waals surface area contributed by atoms with E-state index in [0.29, 0.717) is 34.9 Å². The number of amides is 2. The molecule has 2 N–H and O–H groups in total. The highest BCUT2D eigenvalue weighted by Crippen LogP contribution is 2.38. The van der Waals surface area contributed by atoms with E-state index in [1.54, 1.807) is 24.3 Å². The normalized spacial score (nSPS) is 14.2. The molecular formula is C25H32N2O5. The number of methoxy groups -OCH3 is 3. The topological polar surface area (TPSA) is 85.9 Å². The van der Waals surface area contributed by atoms with Crippen LogP contribution in [0.15, 0.2) is 36.4 Å². The molecule has 2 aromatic carbocycles. The lowest BCUT2D eigenvalue weighted by molar-refractivity contribution is 0.0929. The number of hydrogen-bond acceptors (Lipinski definition) is 5. The van der Waals surface area contributed by atoms with Crippen molar-refractivity contribution < 1.29 is 23.8 Å². The molecule has 0 heterocycles. The van der Waals surface area contributed by atoms with Crippen LogP contribution in [-0.4, -0.2) is 39.2 Å². The maximum absolute atomic E-state index is 12.7. The molecule has 0 spiro atoms. The SMILES string of the molecule is COc1cc(C(=O)NCc2ccc(C(=O)NC3CCCCCC3)cc2)cc(OC)c1OC. The summed E-state index contributed by atoms with van der Waals surface area (Å²) >= 11 is 0. The second-order valence-electron chi connectivity index (χ2n) is 7.96. The van der Waals surface area contributed by atoms with Gasteiger partial charge < -0.3 is 24.8 Å². The van der Waals surface area contributed by atoms with Gasteiger partial charge in [0.05, 0.1) is 21.3 Å². The van der Waals surface area contributed by atoms with Crippen molar-refractivity contribution in [1.82, 2.24) is 10.6 Å². The Morgan fingerprint density at radius 1 is 0.812 bits per heavy atom. The molecule has 7 heteroatoms. The zero-order valence-electron chi connectivity index (χ0n) is 19.0. The van der Waals surface area contributed by atoms with E-state index >= 15 is 0 Å². The van der Waals surface area contributed by atoms with Crippen LogP contribution in [-0.2, 0) is 6.54 Å². The molecule has 3 rings (SSSR count). The highest BCUT2D eigenvalue weighted by atomic mass is 16.5. The third-order valence-electron chi connectivity index (χ3n) is 5.79. The van der Waals surface area contributed by atoms with E-state index in [0.717, 1.165) is 18.4 Å². The third kappa shape index (κ3) is 5.93. The van der Waals surface area contributed by atoms with Gasteiger partial charge in [0.25, 0.3) is 11.8 Å². The fourth-order valence-electron chi connectivity index (χ4n) is 3.96. The number of benzene rings is 2. The van der Waals surface area contributed by atoms with E-state index in [1.807, 2.05) is 12.1 Å². The van der Waals surface area contributed by atoms with Crippen LogP contribution < -0.4 is 24.8 Å². The van der Waals surface area contributed by atoms with Gasteiger partial charge in [0.2, 0.25) is 5.75 Å². The van der Waals surface area contributed by atoms with E-state index in [-0.39, 0.29) is 17.9 Å². The van der Waals surface area contributed by atoms with E-state index in [4.69, 9.17) is 14.2 Å². The number of hydrogen-bond donors (Lipinski definition) is 2. The first-order valence-electron chi connectivity index (χ1n) is 11.0. The first kappa shape index (κ1) is 23.4. The smallest absolute Gasteiger partial charge is 0.251 e. The minimum atomic E-state index is -0.264. The number of carbonyl (C=O) groups excluding carboxylic acids is 2. The van der Waals surface area contributed by atoms with Crippen molar-refractivity contribution in [3.05, 3.63) is 53.1 Å². The van der Waals surface area contributed by atoms with Crippen LogP contribution >= 0.6 is 0 Å². The fraction of sp³-hybridized carbons (Fsp3) is 0.440. The van der Waals surface area contributed by atoms with Crippen LogP contribution in [0.4, 0.5) is 0 Å². The van der Waals surface area contributed by atoms with Gasteiger partial charge in [-0.3, -0.25) is 9.59 Å². The molecule has 1 aliphatic rings. The molecule has 0 unspecified atom stereocenters. The van der Waals surface area contributed by atoms with Crippen molar-refractivity contribution >= 4 is 11.8 Å². The fourth-order valence-corrected chi connectivity index (χ4v) is 3.96. The summed E-state index contributed by atoms with van der Waals surface area (Å²) in [5.41, 5.74) is 1.93. The maximum Gasteiger partial charge on any atom is 0.251 e. The van der Waals surface area contributed by atoms with Crippen LogP contribution in [0.2, 0.25) is 0 Å². The van der Waals surface area contributed by atoms with Crippen LogP contribution in [0.3, 0.4) is 0 Å². The Bertz CT molecular complexity index is 893. The van der Waals surface area contributed by atoms with Crippen LogP contribution in [0.25, 0.3) is 0 Å². The molecule has 7 nitrogen and oxygen atoms in total. The van der Waals surface area contributed by atoms with Gasteiger partial charge in [-0.2, -0.15) is 0 Å². The molecule has 0 radical (unpaired) electrons. The highest BCUT2D eigenvalue weighted by Gasteiger charge is 2.18. The van der Waals surface area contributed by atoms with Crippen molar-refractivity contribution in [3.63, 3.8) is 0 Å². The summed E-state index contributed by atoms with van der Waals surface area (Å²) in [5, 5.41) is 6.04. The minimum absolute atomic E-state index is 0.0371. The predicted octanol–water partition coefficient (Wildman–Crippen LogP) is 4.10. The van der Waals surface area contributed by atoms with Gasteiger partial charge in [0, 0.05) is 23.7 Å². The molecule has 2 amide bonds. The lowest BCUT2D eigenvalue weighted by Gasteiger charge is -2.16. The number of nitrogens with one attached hydrogen (secondary N) is 2. The number of ether oxygens (including phenoxy) is 3. The Balaban J connectivity index is 1.59. The second kappa shape index (κ2) is 11.4. The molecule has 0 bridgehead atoms. The number of rotatable bonds is 8. The standard InChI is InChI=1S/C25H32N2O5/c1-30-21-14-19(15-22(31-2)23(21)32-3)24(28)26-16-17-10-12-18(13-11-17)25(29)27-20-8-6-4-5-7-9-20/h10-15,20H,4-9,16H2,1-3H3,(H,26,28)(H,27,29). The maximum atomic E-state index is 12.7. The Morgan fingerprint density at radius 2 is 1.41 bits per heavy atom. The van der Waals surface area contributed by atoms with E-state index in [2.05, 4.69) is 10.6 Å². The van der Waals surface area contributed by atoms with Gasteiger partial charge in [-0.1, -0.05) is 37.8 Å². The van der Waals surface area contributed by atoms with Crippen LogP contribution in [0.5, 0.6) is 17.2 Å².